The van der Waals surface area contributed by atoms with Crippen LogP contribution >= 0.6 is 0 Å². The first-order valence-electron chi connectivity index (χ1n) is 4.82. The minimum atomic E-state index is -0.0981. The van der Waals surface area contributed by atoms with Gasteiger partial charge in [0.2, 0.25) is 5.78 Å². The Morgan fingerprint density at radius 1 is 1.60 bits per heavy atom. The summed E-state index contributed by atoms with van der Waals surface area (Å²) in [6, 6.07) is 1.72. The topological polar surface area (TPSA) is 48.0 Å². The van der Waals surface area contributed by atoms with Gasteiger partial charge in [0.15, 0.2) is 0 Å². The number of hydrogen-bond donors (Lipinski definition) is 0. The first kappa shape index (κ1) is 9.71. The van der Waals surface area contributed by atoms with E-state index in [2.05, 4.69) is 4.98 Å². The van der Waals surface area contributed by atoms with E-state index in [1.165, 1.54) is 6.26 Å². The molecule has 2 aromatic rings. The van der Waals surface area contributed by atoms with Crippen molar-refractivity contribution < 1.29 is 9.21 Å². The lowest BCUT2D eigenvalue weighted by Crippen LogP contribution is -1.99. The molecule has 0 fully saturated rings. The molecule has 0 aliphatic rings. The predicted octanol–water partition coefficient (Wildman–Crippen LogP) is 2.04. The Hall–Kier alpha value is -1.84. The van der Waals surface area contributed by atoms with Gasteiger partial charge in [-0.2, -0.15) is 0 Å². The Bertz CT molecular complexity index is 482. The van der Waals surface area contributed by atoms with Gasteiger partial charge in [-0.05, 0) is 19.9 Å². The van der Waals surface area contributed by atoms with Gasteiger partial charge in [-0.25, -0.2) is 4.98 Å². The molecular weight excluding hydrogens is 192 g/mol. The second-order valence-corrected chi connectivity index (χ2v) is 3.36. The lowest BCUT2D eigenvalue weighted by atomic mass is 10.2. The number of imidazole rings is 1. The lowest BCUT2D eigenvalue weighted by molar-refractivity contribution is 0.103. The molecular formula is C11H12N2O2. The van der Waals surface area contributed by atoms with E-state index in [9.17, 15) is 4.79 Å². The zero-order chi connectivity index (χ0) is 10.8. The Morgan fingerprint density at radius 3 is 2.93 bits per heavy atom. The van der Waals surface area contributed by atoms with Crippen molar-refractivity contribution in [1.29, 1.82) is 0 Å². The molecule has 4 nitrogen and oxygen atoms in total. The molecule has 0 spiro atoms. The minimum Gasteiger partial charge on any atom is -0.469 e. The number of rotatable bonds is 3. The van der Waals surface area contributed by atoms with Gasteiger partial charge in [0.25, 0.3) is 0 Å². The second-order valence-electron chi connectivity index (χ2n) is 3.36. The van der Waals surface area contributed by atoms with Gasteiger partial charge in [-0.15, -0.1) is 0 Å². The van der Waals surface area contributed by atoms with Crippen LogP contribution in [0.2, 0.25) is 0 Å². The fraction of sp³-hybridized carbons (Fsp3) is 0.273. The van der Waals surface area contributed by atoms with Crippen LogP contribution in [-0.4, -0.2) is 15.3 Å². The third kappa shape index (κ3) is 1.83. The molecule has 0 aliphatic carbocycles. The monoisotopic (exact) mass is 204 g/mol. The number of nitrogens with zero attached hydrogens (tertiary/aromatic N) is 2. The number of furan rings is 1. The average Bonchev–Trinajstić information content (AvgIpc) is 2.84. The number of carbonyl (C=O) groups excluding carboxylic acids is 1. The summed E-state index contributed by atoms with van der Waals surface area (Å²) in [7, 11) is 0. The Morgan fingerprint density at radius 2 is 2.40 bits per heavy atom. The zero-order valence-electron chi connectivity index (χ0n) is 8.73. The summed E-state index contributed by atoms with van der Waals surface area (Å²) in [5.74, 6) is 0.632. The largest absolute Gasteiger partial charge is 0.469 e. The molecule has 0 radical (unpaired) electrons. The highest BCUT2D eigenvalue weighted by Gasteiger charge is 2.13. The van der Waals surface area contributed by atoms with Crippen molar-refractivity contribution in [2.75, 3.05) is 0 Å². The van der Waals surface area contributed by atoms with Crippen molar-refractivity contribution in [3.8, 4) is 0 Å². The summed E-state index contributed by atoms with van der Waals surface area (Å²) < 4.78 is 6.95. The van der Waals surface area contributed by atoms with Gasteiger partial charge >= 0.3 is 0 Å². The maximum atomic E-state index is 11.9. The first-order chi connectivity index (χ1) is 7.20. The molecule has 15 heavy (non-hydrogen) atoms. The fourth-order valence-corrected chi connectivity index (χ4v) is 1.36. The summed E-state index contributed by atoms with van der Waals surface area (Å²) in [4.78, 5) is 15.9. The number of hydrogen-bond acceptors (Lipinski definition) is 3. The van der Waals surface area contributed by atoms with Crippen molar-refractivity contribution in [2.45, 2.75) is 20.4 Å². The molecule has 0 saturated heterocycles. The van der Waals surface area contributed by atoms with Crippen LogP contribution in [0.25, 0.3) is 0 Å². The molecule has 0 amide bonds. The molecule has 0 aliphatic heterocycles. The van der Waals surface area contributed by atoms with Crippen molar-refractivity contribution in [2.24, 2.45) is 0 Å². The highest BCUT2D eigenvalue weighted by Crippen LogP contribution is 2.11. The molecule has 0 atom stereocenters. The lowest BCUT2D eigenvalue weighted by Gasteiger charge is -1.91. The molecule has 0 aromatic carbocycles. The molecule has 2 heterocycles. The quantitative estimate of drug-likeness (QED) is 0.719. The molecule has 0 saturated carbocycles. The summed E-state index contributed by atoms with van der Waals surface area (Å²) in [6.07, 6.45) is 4.85. The Labute approximate surface area is 87.5 Å². The molecule has 2 rings (SSSR count). The van der Waals surface area contributed by atoms with Gasteiger partial charge < -0.3 is 8.98 Å². The van der Waals surface area contributed by atoms with Crippen molar-refractivity contribution in [3.63, 3.8) is 0 Å². The minimum absolute atomic E-state index is 0.0981. The van der Waals surface area contributed by atoms with Crippen molar-refractivity contribution in [3.05, 3.63) is 41.9 Å². The van der Waals surface area contributed by atoms with Gasteiger partial charge in [0.1, 0.15) is 17.7 Å². The van der Waals surface area contributed by atoms with E-state index >= 15 is 0 Å². The number of aryl methyl sites for hydroxylation is 2. The van der Waals surface area contributed by atoms with E-state index in [-0.39, 0.29) is 5.78 Å². The van der Waals surface area contributed by atoms with Crippen LogP contribution in [0.3, 0.4) is 0 Å². The maximum Gasteiger partial charge on any atom is 0.216 e. The molecule has 2 aromatic heterocycles. The predicted molar refractivity (Wildman–Crippen MR) is 54.8 cm³/mol. The zero-order valence-corrected chi connectivity index (χ0v) is 8.73. The van der Waals surface area contributed by atoms with Crippen LogP contribution in [0.4, 0.5) is 0 Å². The second kappa shape index (κ2) is 3.73. The van der Waals surface area contributed by atoms with Gasteiger partial charge in [0, 0.05) is 12.7 Å². The highest BCUT2D eigenvalue weighted by atomic mass is 16.3. The number of carbonyl (C=O) groups is 1. The van der Waals surface area contributed by atoms with E-state index in [0.717, 1.165) is 12.3 Å². The van der Waals surface area contributed by atoms with E-state index in [0.29, 0.717) is 11.3 Å². The van der Waals surface area contributed by atoms with Crippen LogP contribution in [0.15, 0.2) is 29.3 Å². The van der Waals surface area contributed by atoms with E-state index in [1.54, 1.807) is 25.5 Å². The summed E-state index contributed by atoms with van der Waals surface area (Å²) in [6.45, 7) is 4.62. The Balaban J connectivity index is 2.28. The third-order valence-electron chi connectivity index (χ3n) is 2.22. The van der Waals surface area contributed by atoms with E-state index in [1.807, 2.05) is 11.5 Å². The number of ketones is 1. The molecule has 0 unspecified atom stereocenters. The average molecular weight is 204 g/mol. The van der Waals surface area contributed by atoms with Gasteiger partial charge in [0.05, 0.1) is 11.9 Å². The standard InChI is InChI=1S/C11H12N2O2/c1-3-13-5-10(12-7-13)11(14)9-4-8(2)15-6-9/h4-7H,3H2,1-2H3. The highest BCUT2D eigenvalue weighted by molar-refractivity contribution is 6.07. The van der Waals surface area contributed by atoms with Gasteiger partial charge in [-0.3, -0.25) is 4.79 Å². The molecule has 0 N–H and O–H groups in total. The summed E-state index contributed by atoms with van der Waals surface area (Å²) in [5, 5.41) is 0. The maximum absolute atomic E-state index is 11.9. The first-order valence-corrected chi connectivity index (χ1v) is 4.82. The smallest absolute Gasteiger partial charge is 0.216 e. The fourth-order valence-electron chi connectivity index (χ4n) is 1.36. The molecule has 78 valence electrons. The number of aromatic nitrogens is 2. The molecule has 0 bridgehead atoms. The van der Waals surface area contributed by atoms with Crippen molar-refractivity contribution in [1.82, 2.24) is 9.55 Å². The molecule has 4 heteroatoms. The van der Waals surface area contributed by atoms with Gasteiger partial charge in [-0.1, -0.05) is 0 Å². The van der Waals surface area contributed by atoms with E-state index < -0.39 is 0 Å². The van der Waals surface area contributed by atoms with Crippen LogP contribution in [0.1, 0.15) is 28.7 Å². The SMILES string of the molecule is CCn1cnc(C(=O)c2coc(C)c2)c1. The Kier molecular flexibility index (Phi) is 2.41. The van der Waals surface area contributed by atoms with E-state index in [4.69, 9.17) is 4.42 Å². The third-order valence-corrected chi connectivity index (χ3v) is 2.22. The van der Waals surface area contributed by atoms with Crippen LogP contribution in [0.5, 0.6) is 0 Å². The summed E-state index contributed by atoms with van der Waals surface area (Å²) in [5.41, 5.74) is 1.01. The normalized spacial score (nSPS) is 10.5. The summed E-state index contributed by atoms with van der Waals surface area (Å²) >= 11 is 0. The van der Waals surface area contributed by atoms with Crippen molar-refractivity contribution >= 4 is 5.78 Å². The van der Waals surface area contributed by atoms with Crippen LogP contribution < -0.4 is 0 Å². The van der Waals surface area contributed by atoms with Crippen LogP contribution in [-0.2, 0) is 6.54 Å². The van der Waals surface area contributed by atoms with Crippen LogP contribution in [0, 0.1) is 6.92 Å².